The van der Waals surface area contributed by atoms with Crippen LogP contribution in [-0.2, 0) is 5.16 Å². The van der Waals surface area contributed by atoms with Crippen molar-refractivity contribution < 1.29 is 0 Å². The number of hydrogen-bond acceptors (Lipinski definition) is 1. The van der Waals surface area contributed by atoms with E-state index in [1.807, 2.05) is 37.3 Å². The van der Waals surface area contributed by atoms with E-state index in [2.05, 4.69) is 12.1 Å². The van der Waals surface area contributed by atoms with Crippen molar-refractivity contribution in [1.29, 1.82) is 0 Å². The summed E-state index contributed by atoms with van der Waals surface area (Å²) in [5.74, 6) is 0. The van der Waals surface area contributed by atoms with Crippen LogP contribution >= 0.6 is 0 Å². The second-order valence-electron chi connectivity index (χ2n) is 3.07. The van der Waals surface area contributed by atoms with Gasteiger partial charge < -0.3 is 5.73 Å². The number of rotatable bonds is 2. The highest BCUT2D eigenvalue weighted by molar-refractivity contribution is 6.16. The molecule has 0 aliphatic carbocycles. The molecule has 1 aromatic carbocycles. The summed E-state index contributed by atoms with van der Waals surface area (Å²) in [6.45, 7) is 1.99. The zero-order valence-corrected chi connectivity index (χ0v) is 9.54. The fourth-order valence-electron chi connectivity index (χ4n) is 1.19. The van der Waals surface area contributed by atoms with Crippen LogP contribution in [0.4, 0.5) is 0 Å². The maximum absolute atomic E-state index is 6.11. The van der Waals surface area contributed by atoms with Gasteiger partial charge in [-0.3, -0.25) is 0 Å². The predicted octanol–water partition coefficient (Wildman–Crippen LogP) is 0.540. The zero-order valence-electron chi connectivity index (χ0n) is 7.54. The Morgan fingerprint density at radius 3 is 2.58 bits per heavy atom. The second kappa shape index (κ2) is 3.69. The van der Waals surface area contributed by atoms with Crippen molar-refractivity contribution in [2.24, 2.45) is 5.73 Å². The molecule has 0 spiro atoms. The number of nitrogens with two attached hydrogens (primary N) is 1. The lowest BCUT2D eigenvalue weighted by Gasteiger charge is -2.20. The monoisotopic (exact) mass is 176 g/mol. The lowest BCUT2D eigenvalue weighted by Crippen LogP contribution is -2.34. The molecule has 0 fully saturated rings. The second-order valence-corrected chi connectivity index (χ2v) is 4.73. The largest absolute Gasteiger partial charge is 0.322 e. The molecule has 1 unspecified atom stereocenters. The Morgan fingerprint density at radius 1 is 1.50 bits per heavy atom. The summed E-state index contributed by atoms with van der Waals surface area (Å²) in [6, 6.07) is 10.8. The van der Waals surface area contributed by atoms with E-state index < -0.39 is 0 Å². The van der Waals surface area contributed by atoms with Crippen LogP contribution in [0.25, 0.3) is 0 Å². The minimum atomic E-state index is -0.218. The molecule has 0 heterocycles. The van der Waals surface area contributed by atoms with Gasteiger partial charge in [0.05, 0.1) is 0 Å². The molecule has 0 aromatic heterocycles. The molecule has 1 nitrogen and oxygen atoms in total. The van der Waals surface area contributed by atoms with Gasteiger partial charge in [0.1, 0.15) is 0 Å². The Labute approximate surface area is 76.7 Å². The summed E-state index contributed by atoms with van der Waals surface area (Å²) in [7, 11) is 0.923. The molecule has 12 heavy (non-hydrogen) atoms. The zero-order chi connectivity index (χ0) is 9.03. The van der Waals surface area contributed by atoms with Crippen molar-refractivity contribution in [2.45, 2.75) is 12.1 Å². The van der Waals surface area contributed by atoms with E-state index in [1.54, 1.807) is 0 Å². The van der Waals surface area contributed by atoms with Gasteiger partial charge in [0.2, 0.25) is 0 Å². The first kappa shape index (κ1) is 9.23. The van der Waals surface area contributed by atoms with Crippen LogP contribution in [0.5, 0.6) is 0 Å². The lowest BCUT2D eigenvalue weighted by molar-refractivity contribution is 0.807. The Balaban J connectivity index is 2.97. The van der Waals surface area contributed by atoms with Gasteiger partial charge in [0.15, 0.2) is 0 Å². The Bertz CT molecular complexity index is 264. The van der Waals surface area contributed by atoms with Gasteiger partial charge in [0.25, 0.3) is 0 Å². The van der Waals surface area contributed by atoms with Gasteiger partial charge in [-0.15, -0.1) is 0 Å². The van der Waals surface area contributed by atoms with Crippen molar-refractivity contribution in [3.05, 3.63) is 48.0 Å². The van der Waals surface area contributed by atoms with E-state index in [0.29, 0.717) is 0 Å². The fraction of sp³-hybridized carbons (Fsp3) is 0.200. The molecule has 2 N–H and O–H groups in total. The molecule has 1 atom stereocenters. The highest BCUT2D eigenvalue weighted by Crippen LogP contribution is 2.14. The first-order chi connectivity index (χ1) is 5.67. The normalized spacial score (nSPS) is 16.5. The predicted molar refractivity (Wildman–Crippen MR) is 55.9 cm³/mol. The van der Waals surface area contributed by atoms with E-state index in [4.69, 9.17) is 5.73 Å². The van der Waals surface area contributed by atoms with E-state index in [1.165, 1.54) is 5.56 Å². The summed E-state index contributed by atoms with van der Waals surface area (Å²) < 4.78 is 0. The van der Waals surface area contributed by atoms with Gasteiger partial charge in [-0.2, -0.15) is 0 Å². The highest BCUT2D eigenvalue weighted by Gasteiger charge is 2.15. The summed E-state index contributed by atoms with van der Waals surface area (Å²) in [6.07, 6.45) is 4.05. The van der Waals surface area contributed by atoms with Crippen molar-refractivity contribution in [3.8, 4) is 0 Å². The van der Waals surface area contributed by atoms with Gasteiger partial charge in [-0.05, 0) is 18.6 Å². The smallest absolute Gasteiger partial charge is 0.0399 e. The minimum Gasteiger partial charge on any atom is -0.322 e. The molecular weight excluding hydrogens is 162 g/mol. The molecule has 0 saturated heterocycles. The average molecular weight is 176 g/mol. The van der Waals surface area contributed by atoms with Crippen LogP contribution in [0.3, 0.4) is 0 Å². The first-order valence-electron chi connectivity index (χ1n) is 4.06. The Morgan fingerprint density at radius 2 is 2.08 bits per heavy atom. The topological polar surface area (TPSA) is 26.0 Å². The van der Waals surface area contributed by atoms with Crippen LogP contribution in [0.2, 0.25) is 0 Å². The SMILES string of the molecule is CC=CC(N)([SiH3])c1cc[c]cc1. The molecule has 63 valence electrons. The standard InChI is InChI=1S/C10H14NSi/c1-2-8-10(11,12)9-6-4-3-5-7-9/h2,4-8H,11H2,1,12H3. The molecule has 1 radical (unpaired) electrons. The van der Waals surface area contributed by atoms with E-state index in [-0.39, 0.29) is 5.16 Å². The van der Waals surface area contributed by atoms with Crippen molar-refractivity contribution >= 4 is 10.2 Å². The summed E-state index contributed by atoms with van der Waals surface area (Å²) in [4.78, 5) is 0. The van der Waals surface area contributed by atoms with E-state index >= 15 is 0 Å². The van der Waals surface area contributed by atoms with Gasteiger partial charge in [-0.1, -0.05) is 36.4 Å². The molecule has 0 saturated carbocycles. The Hall–Kier alpha value is -0.863. The van der Waals surface area contributed by atoms with Gasteiger partial charge in [-0.25, -0.2) is 0 Å². The highest BCUT2D eigenvalue weighted by atomic mass is 28.1. The maximum atomic E-state index is 6.11. The van der Waals surface area contributed by atoms with Crippen molar-refractivity contribution in [1.82, 2.24) is 0 Å². The van der Waals surface area contributed by atoms with Crippen LogP contribution < -0.4 is 5.73 Å². The van der Waals surface area contributed by atoms with Crippen LogP contribution in [0.15, 0.2) is 36.4 Å². The molecule has 2 heteroatoms. The van der Waals surface area contributed by atoms with Gasteiger partial charge >= 0.3 is 0 Å². The van der Waals surface area contributed by atoms with E-state index in [0.717, 1.165) is 10.2 Å². The third-order valence-electron chi connectivity index (χ3n) is 1.85. The Kier molecular flexibility index (Phi) is 2.84. The molecule has 1 rings (SSSR count). The molecular formula is C10H14NSi. The summed E-state index contributed by atoms with van der Waals surface area (Å²) >= 11 is 0. The van der Waals surface area contributed by atoms with Crippen LogP contribution in [-0.4, -0.2) is 10.2 Å². The number of hydrogen-bond donors (Lipinski definition) is 1. The van der Waals surface area contributed by atoms with Crippen LogP contribution in [0, 0.1) is 6.07 Å². The number of benzene rings is 1. The maximum Gasteiger partial charge on any atom is 0.0399 e. The average Bonchev–Trinajstić information content (AvgIpc) is 2.06. The molecule has 0 aliphatic heterocycles. The molecule has 0 bridgehead atoms. The fourth-order valence-corrected chi connectivity index (χ4v) is 1.86. The molecule has 1 aromatic rings. The third-order valence-corrected chi connectivity index (χ3v) is 2.76. The summed E-state index contributed by atoms with van der Waals surface area (Å²) in [5.41, 5.74) is 7.28. The van der Waals surface area contributed by atoms with Crippen molar-refractivity contribution in [3.63, 3.8) is 0 Å². The molecule has 0 aliphatic rings. The lowest BCUT2D eigenvalue weighted by atomic mass is 10.1. The molecule has 0 amide bonds. The number of allylic oxidation sites excluding steroid dienone is 1. The van der Waals surface area contributed by atoms with Crippen LogP contribution in [0.1, 0.15) is 12.5 Å². The quantitative estimate of drug-likeness (QED) is 0.516. The minimum absolute atomic E-state index is 0.218. The third kappa shape index (κ3) is 2.06. The summed E-state index contributed by atoms with van der Waals surface area (Å²) in [5, 5.41) is -0.218. The van der Waals surface area contributed by atoms with Crippen molar-refractivity contribution in [2.75, 3.05) is 0 Å². The van der Waals surface area contributed by atoms with Gasteiger partial charge in [0, 0.05) is 15.4 Å². The van der Waals surface area contributed by atoms with E-state index in [9.17, 15) is 0 Å². The first-order valence-corrected chi connectivity index (χ1v) is 5.06.